The van der Waals surface area contributed by atoms with Crippen molar-refractivity contribution in [2.24, 2.45) is 5.10 Å². The summed E-state index contributed by atoms with van der Waals surface area (Å²) in [4.78, 5) is 0. The van der Waals surface area contributed by atoms with Crippen molar-refractivity contribution in [2.45, 2.75) is 0 Å². The molecule has 0 fully saturated rings. The van der Waals surface area contributed by atoms with Crippen LogP contribution in [0.15, 0.2) is 59.8 Å². The predicted octanol–water partition coefficient (Wildman–Crippen LogP) is 4.02. The number of hydrogen-bond acceptors (Lipinski definition) is 4. The van der Waals surface area contributed by atoms with Crippen LogP contribution >= 0.6 is 23.2 Å². The number of aromatic nitrogens is 3. The minimum atomic E-state index is 0.597. The zero-order valence-electron chi connectivity index (χ0n) is 11.3. The average molecular weight is 332 g/mol. The lowest BCUT2D eigenvalue weighted by molar-refractivity contribution is 0.803. The summed E-state index contributed by atoms with van der Waals surface area (Å²) in [5.74, 6) is 0. The van der Waals surface area contributed by atoms with Gasteiger partial charge >= 0.3 is 0 Å². The Labute approximate surface area is 137 Å². The van der Waals surface area contributed by atoms with Gasteiger partial charge in [-0.15, -0.1) is 5.10 Å². The molecule has 3 aromatic rings. The molecule has 22 heavy (non-hydrogen) atoms. The van der Waals surface area contributed by atoms with Gasteiger partial charge in [0.1, 0.15) is 5.69 Å². The molecule has 0 radical (unpaired) electrons. The third kappa shape index (κ3) is 3.27. The van der Waals surface area contributed by atoms with Crippen molar-refractivity contribution in [1.82, 2.24) is 15.0 Å². The minimum absolute atomic E-state index is 0.597. The molecule has 0 saturated carbocycles. The van der Waals surface area contributed by atoms with Crippen LogP contribution in [0.1, 0.15) is 5.69 Å². The van der Waals surface area contributed by atoms with E-state index in [0.717, 1.165) is 11.4 Å². The van der Waals surface area contributed by atoms with E-state index in [-0.39, 0.29) is 0 Å². The van der Waals surface area contributed by atoms with Gasteiger partial charge in [-0.05, 0) is 24.3 Å². The van der Waals surface area contributed by atoms with Gasteiger partial charge in [0.2, 0.25) is 0 Å². The summed E-state index contributed by atoms with van der Waals surface area (Å²) in [5, 5.41) is 13.3. The third-order valence-corrected chi connectivity index (χ3v) is 3.52. The highest BCUT2D eigenvalue weighted by molar-refractivity contribution is 6.33. The van der Waals surface area contributed by atoms with E-state index in [0.29, 0.717) is 15.7 Å². The molecule has 0 unspecified atom stereocenters. The summed E-state index contributed by atoms with van der Waals surface area (Å²) in [6.07, 6.45) is 3.29. The molecule has 0 aliphatic heterocycles. The maximum atomic E-state index is 6.12. The molecular weight excluding hydrogens is 321 g/mol. The van der Waals surface area contributed by atoms with E-state index in [1.54, 1.807) is 29.2 Å². The van der Waals surface area contributed by atoms with Crippen LogP contribution in [0.4, 0.5) is 5.69 Å². The molecule has 0 spiro atoms. The van der Waals surface area contributed by atoms with Gasteiger partial charge in [-0.25, -0.2) is 4.68 Å². The first-order valence-electron chi connectivity index (χ1n) is 6.45. The van der Waals surface area contributed by atoms with Crippen molar-refractivity contribution in [2.75, 3.05) is 5.43 Å². The lowest BCUT2D eigenvalue weighted by Gasteiger charge is -2.01. The maximum absolute atomic E-state index is 6.12. The Morgan fingerprint density at radius 3 is 2.50 bits per heavy atom. The molecule has 2 aromatic carbocycles. The standard InChI is InChI=1S/C15H11Cl2N5/c16-12-5-1-3-7-14(12)20-18-9-11-10-22(21-19-11)15-8-4-2-6-13(15)17/h1-10,20H/b18-9+. The normalized spacial score (nSPS) is 11.0. The van der Waals surface area contributed by atoms with Crippen molar-refractivity contribution in [3.63, 3.8) is 0 Å². The summed E-state index contributed by atoms with van der Waals surface area (Å²) in [6.45, 7) is 0. The number of nitrogens with one attached hydrogen (secondary N) is 1. The molecule has 3 rings (SSSR count). The van der Waals surface area contributed by atoms with Crippen molar-refractivity contribution in [1.29, 1.82) is 0 Å². The van der Waals surface area contributed by atoms with Gasteiger partial charge in [0.25, 0.3) is 0 Å². The van der Waals surface area contributed by atoms with Crippen LogP contribution in [0.2, 0.25) is 10.0 Å². The molecule has 0 bridgehead atoms. The van der Waals surface area contributed by atoms with Crippen LogP contribution in [0.5, 0.6) is 0 Å². The molecular formula is C15H11Cl2N5. The average Bonchev–Trinajstić information content (AvgIpc) is 2.98. The van der Waals surface area contributed by atoms with Gasteiger partial charge in [-0.2, -0.15) is 5.10 Å². The Hall–Kier alpha value is -2.37. The number of halogens is 2. The number of para-hydroxylation sites is 2. The number of hydrazone groups is 1. The van der Waals surface area contributed by atoms with E-state index in [9.17, 15) is 0 Å². The van der Waals surface area contributed by atoms with Gasteiger partial charge in [0.05, 0.1) is 33.8 Å². The number of anilines is 1. The summed E-state index contributed by atoms with van der Waals surface area (Å²) in [5.41, 5.74) is 4.93. The number of hydrogen-bond donors (Lipinski definition) is 1. The number of benzene rings is 2. The first-order valence-corrected chi connectivity index (χ1v) is 7.20. The van der Waals surface area contributed by atoms with Gasteiger partial charge in [-0.3, -0.25) is 5.43 Å². The van der Waals surface area contributed by atoms with Crippen molar-refractivity contribution in [3.05, 3.63) is 70.5 Å². The van der Waals surface area contributed by atoms with Gasteiger partial charge in [0, 0.05) is 0 Å². The van der Waals surface area contributed by atoms with Crippen LogP contribution in [-0.4, -0.2) is 21.2 Å². The zero-order valence-corrected chi connectivity index (χ0v) is 12.8. The minimum Gasteiger partial charge on any atom is -0.277 e. The quantitative estimate of drug-likeness (QED) is 0.580. The number of nitrogens with zero attached hydrogens (tertiary/aromatic N) is 4. The SMILES string of the molecule is Clc1ccccc1N/N=C/c1cn(-c2ccccc2Cl)nn1. The van der Waals surface area contributed by atoms with Crippen molar-refractivity contribution < 1.29 is 0 Å². The van der Waals surface area contributed by atoms with E-state index in [1.165, 1.54) is 0 Å². The highest BCUT2D eigenvalue weighted by Crippen LogP contribution is 2.20. The highest BCUT2D eigenvalue weighted by atomic mass is 35.5. The largest absolute Gasteiger partial charge is 0.277 e. The van der Waals surface area contributed by atoms with E-state index in [4.69, 9.17) is 23.2 Å². The van der Waals surface area contributed by atoms with E-state index < -0.39 is 0 Å². The Bertz CT molecular complexity index is 813. The molecule has 1 aromatic heterocycles. The molecule has 1 heterocycles. The summed E-state index contributed by atoms with van der Waals surface area (Å²) < 4.78 is 1.60. The Balaban J connectivity index is 1.74. The van der Waals surface area contributed by atoms with Gasteiger partial charge in [0.15, 0.2) is 0 Å². The molecule has 0 aliphatic rings. The number of rotatable bonds is 4. The van der Waals surface area contributed by atoms with Gasteiger partial charge in [-0.1, -0.05) is 52.7 Å². The first kappa shape index (κ1) is 14.6. The molecule has 0 saturated heterocycles. The Morgan fingerprint density at radius 2 is 1.73 bits per heavy atom. The summed E-state index contributed by atoms with van der Waals surface area (Å²) in [6, 6.07) is 14.7. The fourth-order valence-corrected chi connectivity index (χ4v) is 2.21. The lowest BCUT2D eigenvalue weighted by atomic mass is 10.3. The Kier molecular flexibility index (Phi) is 4.37. The molecule has 0 atom stereocenters. The van der Waals surface area contributed by atoms with E-state index in [1.807, 2.05) is 36.4 Å². The second-order valence-electron chi connectivity index (χ2n) is 4.39. The smallest absolute Gasteiger partial charge is 0.126 e. The topological polar surface area (TPSA) is 55.1 Å². The summed E-state index contributed by atoms with van der Waals surface area (Å²) >= 11 is 12.1. The molecule has 7 heteroatoms. The molecule has 0 aliphatic carbocycles. The second kappa shape index (κ2) is 6.60. The molecule has 1 N–H and O–H groups in total. The van der Waals surface area contributed by atoms with Crippen molar-refractivity contribution >= 4 is 35.1 Å². The van der Waals surface area contributed by atoms with Crippen LogP contribution in [-0.2, 0) is 0 Å². The first-order chi connectivity index (χ1) is 10.7. The lowest BCUT2D eigenvalue weighted by Crippen LogP contribution is -1.95. The van der Waals surface area contributed by atoms with Gasteiger partial charge < -0.3 is 0 Å². The molecule has 5 nitrogen and oxygen atoms in total. The molecule has 110 valence electrons. The van der Waals surface area contributed by atoms with Crippen LogP contribution in [0.25, 0.3) is 5.69 Å². The monoisotopic (exact) mass is 331 g/mol. The van der Waals surface area contributed by atoms with E-state index in [2.05, 4.69) is 20.8 Å². The van der Waals surface area contributed by atoms with Crippen molar-refractivity contribution in [3.8, 4) is 5.69 Å². The zero-order chi connectivity index (χ0) is 15.4. The fourth-order valence-electron chi connectivity index (χ4n) is 1.81. The summed E-state index contributed by atoms with van der Waals surface area (Å²) in [7, 11) is 0. The fraction of sp³-hybridized carbons (Fsp3) is 0. The van der Waals surface area contributed by atoms with E-state index >= 15 is 0 Å². The third-order valence-electron chi connectivity index (χ3n) is 2.87. The van der Waals surface area contributed by atoms with Crippen LogP contribution in [0, 0.1) is 0 Å². The molecule has 0 amide bonds. The highest BCUT2D eigenvalue weighted by Gasteiger charge is 2.04. The van der Waals surface area contributed by atoms with Crippen LogP contribution < -0.4 is 5.43 Å². The second-order valence-corrected chi connectivity index (χ2v) is 5.20. The Morgan fingerprint density at radius 1 is 1.00 bits per heavy atom. The predicted molar refractivity (Wildman–Crippen MR) is 89.0 cm³/mol. The van der Waals surface area contributed by atoms with Crippen LogP contribution in [0.3, 0.4) is 0 Å². The maximum Gasteiger partial charge on any atom is 0.126 e.